The van der Waals surface area contributed by atoms with Gasteiger partial charge >= 0.3 is 12.3 Å². The molecule has 0 bridgehead atoms. The highest BCUT2D eigenvalue weighted by Gasteiger charge is 2.41. The van der Waals surface area contributed by atoms with Gasteiger partial charge < -0.3 is 21.1 Å². The molecule has 0 saturated carbocycles. The van der Waals surface area contributed by atoms with E-state index in [2.05, 4.69) is 20.6 Å². The van der Waals surface area contributed by atoms with Gasteiger partial charge in [-0.1, -0.05) is 35.9 Å². The second kappa shape index (κ2) is 14.9. The van der Waals surface area contributed by atoms with Crippen molar-refractivity contribution in [2.75, 3.05) is 18.4 Å². The third-order valence-electron chi connectivity index (χ3n) is 9.47. The van der Waals surface area contributed by atoms with E-state index in [0.29, 0.717) is 49.2 Å². The SMILES string of the molecule is NC1CCN(C2CNC(c3ncc(-c4ccc(NC(=O)O)cc4)[nH]3)C(c3ccc(F)cc3)C2)[C@@H](C(=O)/C=C/c2c(C(F)(F)F)ccc(Cl)c2F)C1. The van der Waals surface area contributed by atoms with Crippen LogP contribution in [0.3, 0.4) is 0 Å². The van der Waals surface area contributed by atoms with E-state index in [1.165, 1.54) is 12.1 Å². The summed E-state index contributed by atoms with van der Waals surface area (Å²) in [7, 11) is 0. The van der Waals surface area contributed by atoms with Crippen molar-refractivity contribution in [3.05, 3.63) is 112 Å². The number of likely N-dealkylation sites (tertiary alicyclic amines) is 1. The van der Waals surface area contributed by atoms with Crippen LogP contribution in [0.15, 0.2) is 72.9 Å². The number of benzene rings is 3. The van der Waals surface area contributed by atoms with Crippen LogP contribution in [0.1, 0.15) is 53.7 Å². The van der Waals surface area contributed by atoms with E-state index < -0.39 is 51.9 Å². The van der Waals surface area contributed by atoms with Gasteiger partial charge in [0.05, 0.1) is 34.6 Å². The topological polar surface area (TPSA) is 136 Å². The van der Waals surface area contributed by atoms with E-state index in [9.17, 15) is 31.5 Å². The second-order valence-electron chi connectivity index (χ2n) is 12.7. The van der Waals surface area contributed by atoms with Gasteiger partial charge in [0, 0.05) is 42.3 Å². The normalized spacial score (nSPS) is 23.0. The Labute approximate surface area is 294 Å². The Kier molecular flexibility index (Phi) is 10.6. The van der Waals surface area contributed by atoms with Crippen LogP contribution in [0.5, 0.6) is 0 Å². The van der Waals surface area contributed by atoms with Gasteiger partial charge in [-0.15, -0.1) is 0 Å². The van der Waals surface area contributed by atoms with Crippen molar-refractivity contribution >= 4 is 35.2 Å². The number of anilines is 1. The Morgan fingerprint density at radius 1 is 1.04 bits per heavy atom. The maximum atomic E-state index is 14.8. The van der Waals surface area contributed by atoms with Crippen LogP contribution in [-0.4, -0.2) is 63.1 Å². The summed E-state index contributed by atoms with van der Waals surface area (Å²) in [5.41, 5.74) is 6.92. The predicted octanol–water partition coefficient (Wildman–Crippen LogP) is 7.38. The Morgan fingerprint density at radius 3 is 2.45 bits per heavy atom. The van der Waals surface area contributed by atoms with Crippen molar-refractivity contribution in [1.82, 2.24) is 20.2 Å². The molecule has 9 nitrogen and oxygen atoms in total. The fourth-order valence-electron chi connectivity index (χ4n) is 6.97. The number of alkyl halides is 3. The number of ketones is 1. The number of nitrogens with zero attached hydrogens (tertiary/aromatic N) is 2. The molecular weight excluding hydrogens is 695 g/mol. The summed E-state index contributed by atoms with van der Waals surface area (Å²) in [5.74, 6) is -1.82. The third-order valence-corrected chi connectivity index (χ3v) is 9.76. The molecular formula is C36H34ClF5N6O3. The smallest absolute Gasteiger partial charge is 0.417 e. The molecule has 15 heteroatoms. The van der Waals surface area contributed by atoms with Crippen molar-refractivity contribution in [3.63, 3.8) is 0 Å². The molecule has 1 aromatic heterocycles. The van der Waals surface area contributed by atoms with Crippen LogP contribution >= 0.6 is 11.6 Å². The third kappa shape index (κ3) is 8.14. The highest BCUT2D eigenvalue weighted by atomic mass is 35.5. The molecule has 4 aromatic rings. The maximum absolute atomic E-state index is 14.8. The molecule has 3 aromatic carbocycles. The molecule has 2 fully saturated rings. The number of aromatic nitrogens is 2. The molecule has 268 valence electrons. The van der Waals surface area contributed by atoms with Crippen LogP contribution < -0.4 is 16.4 Å². The van der Waals surface area contributed by atoms with E-state index in [0.717, 1.165) is 29.3 Å². The summed E-state index contributed by atoms with van der Waals surface area (Å²) in [6.07, 6.45) is -1.24. The number of hydrogen-bond acceptors (Lipinski definition) is 6. The van der Waals surface area contributed by atoms with Crippen molar-refractivity contribution in [3.8, 4) is 11.3 Å². The molecule has 0 aliphatic carbocycles. The summed E-state index contributed by atoms with van der Waals surface area (Å²) in [6, 6.07) is 12.7. The highest BCUT2D eigenvalue weighted by molar-refractivity contribution is 6.31. The van der Waals surface area contributed by atoms with Gasteiger partial charge in [0.2, 0.25) is 0 Å². The number of hydrogen-bond donors (Lipinski definition) is 5. The van der Waals surface area contributed by atoms with Crippen LogP contribution in [-0.2, 0) is 11.0 Å². The molecule has 1 amide bonds. The minimum Gasteiger partial charge on any atom is -0.465 e. The molecule has 6 N–H and O–H groups in total. The number of carboxylic acid groups (broad SMARTS) is 1. The summed E-state index contributed by atoms with van der Waals surface area (Å²) in [6.45, 7) is 0.855. The first-order chi connectivity index (χ1) is 24.3. The monoisotopic (exact) mass is 728 g/mol. The number of nitrogens with one attached hydrogen (secondary N) is 3. The first-order valence-corrected chi connectivity index (χ1v) is 16.6. The molecule has 3 heterocycles. The zero-order valence-corrected chi connectivity index (χ0v) is 27.7. The minimum absolute atomic E-state index is 0.233. The molecule has 6 rings (SSSR count). The number of H-pyrrole nitrogens is 1. The number of aromatic amines is 1. The number of carbonyl (C=O) groups excluding carboxylic acids is 1. The van der Waals surface area contributed by atoms with Gasteiger partial charge in [-0.3, -0.25) is 15.0 Å². The summed E-state index contributed by atoms with van der Waals surface area (Å²) >= 11 is 5.79. The fourth-order valence-corrected chi connectivity index (χ4v) is 7.14. The van der Waals surface area contributed by atoms with Crippen LogP contribution in [0.2, 0.25) is 5.02 Å². The molecule has 51 heavy (non-hydrogen) atoms. The Bertz CT molecular complexity index is 1920. The minimum atomic E-state index is -4.87. The maximum Gasteiger partial charge on any atom is 0.417 e. The van der Waals surface area contributed by atoms with Gasteiger partial charge in [0.15, 0.2) is 5.78 Å². The molecule has 4 unspecified atom stereocenters. The lowest BCUT2D eigenvalue weighted by Gasteiger charge is -2.47. The van der Waals surface area contributed by atoms with E-state index in [4.69, 9.17) is 22.4 Å². The van der Waals surface area contributed by atoms with Gasteiger partial charge in [-0.25, -0.2) is 18.6 Å². The first kappa shape index (κ1) is 36.2. The molecule has 2 saturated heterocycles. The van der Waals surface area contributed by atoms with Gasteiger partial charge in [0.25, 0.3) is 0 Å². The van der Waals surface area contributed by atoms with E-state index in [1.54, 1.807) is 42.6 Å². The quantitative estimate of drug-likeness (QED) is 0.0944. The van der Waals surface area contributed by atoms with Crippen LogP contribution in [0, 0.1) is 11.6 Å². The van der Waals surface area contributed by atoms with Gasteiger partial charge in [0.1, 0.15) is 17.5 Å². The van der Waals surface area contributed by atoms with Crippen molar-refractivity contribution < 1.29 is 36.6 Å². The van der Waals surface area contributed by atoms with E-state index in [-0.39, 0.29) is 30.5 Å². The average Bonchev–Trinajstić information content (AvgIpc) is 3.58. The number of piperidine rings is 2. The number of rotatable bonds is 8. The Morgan fingerprint density at radius 2 is 1.76 bits per heavy atom. The first-order valence-electron chi connectivity index (χ1n) is 16.2. The standard InChI is InChI=1S/C36H34ClF5N6O3/c37-28-11-10-27(36(40,41)42)25(32(28)39)9-12-31(49)30-15-22(43)13-14-48(30)24-16-26(19-1-5-21(38)6-2-19)33(44-17-24)34-45-18-29(47-34)20-3-7-23(8-4-20)46-35(50)51/h1-12,18,22,24,26,30,33,44,46H,13-17,43H2,(H,45,47)(H,50,51)/b12-9+/t22?,24?,26?,30-,33?/m1/s1. The largest absolute Gasteiger partial charge is 0.465 e. The second-order valence-corrected chi connectivity index (χ2v) is 13.1. The Hall–Kier alpha value is -4.63. The number of imidazole rings is 1. The van der Waals surface area contributed by atoms with Crippen LogP contribution in [0.4, 0.5) is 32.4 Å². The number of nitrogens with two attached hydrogens (primary N) is 1. The molecule has 2 aliphatic heterocycles. The van der Waals surface area contributed by atoms with Crippen LogP contribution in [0.25, 0.3) is 17.3 Å². The van der Waals surface area contributed by atoms with E-state index >= 15 is 0 Å². The fraction of sp³-hybridized carbons (Fsp3) is 0.306. The zero-order valence-electron chi connectivity index (χ0n) is 26.9. The summed E-state index contributed by atoms with van der Waals surface area (Å²) < 4.78 is 69.8. The molecule has 5 atom stereocenters. The van der Waals surface area contributed by atoms with Gasteiger partial charge in [-0.2, -0.15) is 13.2 Å². The van der Waals surface area contributed by atoms with Gasteiger partial charge in [-0.05, 0) is 78.9 Å². The summed E-state index contributed by atoms with van der Waals surface area (Å²) in [5, 5.41) is 14.3. The number of halogens is 6. The van der Waals surface area contributed by atoms with E-state index in [1.807, 2.05) is 4.90 Å². The molecule has 0 spiro atoms. The lowest BCUT2D eigenvalue weighted by Crippen LogP contribution is -2.59. The van der Waals surface area contributed by atoms with Crippen molar-refractivity contribution in [2.45, 2.75) is 55.5 Å². The average molecular weight is 729 g/mol. The lowest BCUT2D eigenvalue weighted by atomic mass is 9.80. The molecule has 2 aliphatic rings. The van der Waals surface area contributed by atoms with Crippen molar-refractivity contribution in [1.29, 1.82) is 0 Å². The summed E-state index contributed by atoms with van der Waals surface area (Å²) in [4.78, 5) is 34.6. The highest BCUT2D eigenvalue weighted by Crippen LogP contribution is 2.40. The van der Waals surface area contributed by atoms with Crippen molar-refractivity contribution in [2.24, 2.45) is 5.73 Å². The number of amides is 1. The number of carbonyl (C=O) groups is 2. The predicted molar refractivity (Wildman–Crippen MR) is 182 cm³/mol. The molecule has 0 radical (unpaired) electrons. The zero-order chi connectivity index (χ0) is 36.4. The Balaban J connectivity index is 1.26. The lowest BCUT2D eigenvalue weighted by molar-refractivity contribution is -0.138.